The molecule has 21 heavy (non-hydrogen) atoms. The zero-order valence-corrected chi connectivity index (χ0v) is 13.9. The molecule has 1 atom stereocenters. The van der Waals surface area contributed by atoms with Crippen molar-refractivity contribution in [1.82, 2.24) is 5.32 Å². The third-order valence-electron chi connectivity index (χ3n) is 3.82. The van der Waals surface area contributed by atoms with Crippen LogP contribution in [0.5, 0.6) is 0 Å². The van der Waals surface area contributed by atoms with Gasteiger partial charge in [-0.25, -0.2) is 0 Å². The Labute approximate surface area is 131 Å². The van der Waals surface area contributed by atoms with Gasteiger partial charge in [0.1, 0.15) is 6.04 Å². The zero-order valence-electron chi connectivity index (χ0n) is 13.2. The van der Waals surface area contributed by atoms with Crippen LogP contribution in [0.2, 0.25) is 5.02 Å². The maximum Gasteiger partial charge on any atom is 0.246 e. The minimum absolute atomic E-state index is 0.000683. The Balaban J connectivity index is 2.36. The summed E-state index contributed by atoms with van der Waals surface area (Å²) in [5, 5.41) is 6.92. The molecular weight excluding hydrogens is 286 g/mol. The predicted molar refractivity (Wildman–Crippen MR) is 89.3 cm³/mol. The van der Waals surface area contributed by atoms with E-state index in [4.69, 9.17) is 11.6 Å². The molecule has 1 unspecified atom stereocenters. The summed E-state index contributed by atoms with van der Waals surface area (Å²) in [5.41, 5.74) is 2.79. The molecule has 0 fully saturated rings. The summed E-state index contributed by atoms with van der Waals surface area (Å²) >= 11 is 6.46. The Morgan fingerprint density at radius 3 is 2.67 bits per heavy atom. The topological polar surface area (TPSA) is 44.4 Å². The van der Waals surface area contributed by atoms with E-state index in [1.165, 1.54) is 0 Å². The van der Waals surface area contributed by atoms with E-state index >= 15 is 0 Å². The van der Waals surface area contributed by atoms with E-state index in [2.05, 4.69) is 43.2 Å². The van der Waals surface area contributed by atoms with Crippen molar-refractivity contribution >= 4 is 28.9 Å². The van der Waals surface area contributed by atoms with E-state index in [1.54, 1.807) is 0 Å². The van der Waals surface area contributed by atoms with Crippen LogP contribution in [0.1, 0.15) is 45.7 Å². The standard InChI is InChI=1S/C16H24ClN3O/c1-5-7-18-15-11-8-12(17)14(20(6-2)10(3)4)9-13(11)19-16(15)21/h8-10,15,18H,5-7H2,1-4H3,(H,19,21). The fourth-order valence-electron chi connectivity index (χ4n) is 2.80. The minimum Gasteiger partial charge on any atom is -0.368 e. The normalized spacial score (nSPS) is 17.0. The van der Waals surface area contributed by atoms with Gasteiger partial charge in [0.15, 0.2) is 0 Å². The van der Waals surface area contributed by atoms with Crippen molar-refractivity contribution in [3.05, 3.63) is 22.7 Å². The van der Waals surface area contributed by atoms with E-state index < -0.39 is 0 Å². The first-order chi connectivity index (χ1) is 9.99. The number of fused-ring (bicyclic) bond motifs is 1. The molecule has 2 N–H and O–H groups in total. The highest BCUT2D eigenvalue weighted by Gasteiger charge is 2.31. The summed E-state index contributed by atoms with van der Waals surface area (Å²) in [6.45, 7) is 10.1. The SMILES string of the molecule is CCCNC1C(=O)Nc2cc(N(CC)C(C)C)c(Cl)cc21. The zero-order chi connectivity index (χ0) is 15.6. The number of hydrogen-bond donors (Lipinski definition) is 2. The van der Waals surface area contributed by atoms with Crippen molar-refractivity contribution in [2.45, 2.75) is 46.2 Å². The van der Waals surface area contributed by atoms with Crippen LogP contribution in [0, 0.1) is 0 Å². The van der Waals surface area contributed by atoms with Crippen LogP contribution in [0.4, 0.5) is 11.4 Å². The number of anilines is 2. The van der Waals surface area contributed by atoms with Gasteiger partial charge in [-0.1, -0.05) is 18.5 Å². The quantitative estimate of drug-likeness (QED) is 0.844. The van der Waals surface area contributed by atoms with Crippen LogP contribution >= 0.6 is 11.6 Å². The van der Waals surface area contributed by atoms with Gasteiger partial charge in [0.25, 0.3) is 0 Å². The molecule has 0 bridgehead atoms. The van der Waals surface area contributed by atoms with Crippen LogP contribution < -0.4 is 15.5 Å². The van der Waals surface area contributed by atoms with Crippen molar-refractivity contribution in [2.24, 2.45) is 0 Å². The number of halogens is 1. The molecule has 116 valence electrons. The van der Waals surface area contributed by atoms with Crippen molar-refractivity contribution in [2.75, 3.05) is 23.3 Å². The highest BCUT2D eigenvalue weighted by molar-refractivity contribution is 6.33. The molecule has 1 aromatic carbocycles. The molecule has 0 radical (unpaired) electrons. The van der Waals surface area contributed by atoms with Crippen molar-refractivity contribution < 1.29 is 4.79 Å². The van der Waals surface area contributed by atoms with Gasteiger partial charge in [0.2, 0.25) is 5.91 Å². The summed E-state index contributed by atoms with van der Waals surface area (Å²) in [4.78, 5) is 14.3. The van der Waals surface area contributed by atoms with Crippen LogP contribution in [0.3, 0.4) is 0 Å². The number of carbonyl (C=O) groups excluding carboxylic acids is 1. The third-order valence-corrected chi connectivity index (χ3v) is 4.12. The minimum atomic E-state index is -0.291. The number of rotatable bonds is 6. The molecule has 5 heteroatoms. The lowest BCUT2D eigenvalue weighted by atomic mass is 10.1. The molecule has 0 spiro atoms. The van der Waals surface area contributed by atoms with E-state index in [-0.39, 0.29) is 11.9 Å². The molecule has 1 aliphatic heterocycles. The summed E-state index contributed by atoms with van der Waals surface area (Å²) in [5.74, 6) is -0.000683. The number of benzene rings is 1. The highest BCUT2D eigenvalue weighted by atomic mass is 35.5. The fourth-order valence-corrected chi connectivity index (χ4v) is 3.08. The van der Waals surface area contributed by atoms with Gasteiger partial charge in [-0.3, -0.25) is 4.79 Å². The maximum absolute atomic E-state index is 12.1. The molecule has 4 nitrogen and oxygen atoms in total. The number of hydrogen-bond acceptors (Lipinski definition) is 3. The Kier molecular flexibility index (Phi) is 5.12. The van der Waals surface area contributed by atoms with Gasteiger partial charge in [-0.2, -0.15) is 0 Å². The lowest BCUT2D eigenvalue weighted by Crippen LogP contribution is -2.30. The Morgan fingerprint density at radius 1 is 1.38 bits per heavy atom. The van der Waals surface area contributed by atoms with Crippen molar-refractivity contribution in [1.29, 1.82) is 0 Å². The van der Waals surface area contributed by atoms with Gasteiger partial charge >= 0.3 is 0 Å². The summed E-state index contributed by atoms with van der Waals surface area (Å²) in [7, 11) is 0. The first-order valence-electron chi connectivity index (χ1n) is 7.63. The molecular formula is C16H24ClN3O. The largest absolute Gasteiger partial charge is 0.368 e. The van der Waals surface area contributed by atoms with Gasteiger partial charge in [-0.15, -0.1) is 0 Å². The first-order valence-corrected chi connectivity index (χ1v) is 8.01. The number of carbonyl (C=O) groups is 1. The molecule has 1 heterocycles. The lowest BCUT2D eigenvalue weighted by Gasteiger charge is -2.29. The average molecular weight is 310 g/mol. The second-order valence-corrected chi connectivity index (χ2v) is 6.05. The van der Waals surface area contributed by atoms with E-state index in [1.807, 2.05) is 12.1 Å². The maximum atomic E-state index is 12.1. The monoisotopic (exact) mass is 309 g/mol. The Morgan fingerprint density at radius 2 is 2.10 bits per heavy atom. The summed E-state index contributed by atoms with van der Waals surface area (Å²) in [6, 6.07) is 3.98. The van der Waals surface area contributed by atoms with E-state index in [0.717, 1.165) is 36.4 Å². The molecule has 0 aliphatic carbocycles. The lowest BCUT2D eigenvalue weighted by molar-refractivity contribution is -0.117. The summed E-state index contributed by atoms with van der Waals surface area (Å²) < 4.78 is 0. The van der Waals surface area contributed by atoms with Gasteiger partial charge in [0, 0.05) is 23.8 Å². The van der Waals surface area contributed by atoms with Crippen LogP contribution in [0.15, 0.2) is 12.1 Å². The second kappa shape index (κ2) is 6.67. The number of amides is 1. The molecule has 1 amide bonds. The average Bonchev–Trinajstić information content (AvgIpc) is 2.72. The van der Waals surface area contributed by atoms with Crippen molar-refractivity contribution in [3.8, 4) is 0 Å². The molecule has 0 saturated heterocycles. The van der Waals surface area contributed by atoms with E-state index in [0.29, 0.717) is 11.1 Å². The summed E-state index contributed by atoms with van der Waals surface area (Å²) in [6.07, 6.45) is 0.988. The molecule has 2 rings (SSSR count). The van der Waals surface area contributed by atoms with Crippen LogP contribution in [-0.2, 0) is 4.79 Å². The molecule has 0 aromatic heterocycles. The Bertz CT molecular complexity index is 530. The number of nitrogens with zero attached hydrogens (tertiary/aromatic N) is 1. The van der Waals surface area contributed by atoms with E-state index in [9.17, 15) is 4.79 Å². The van der Waals surface area contributed by atoms with Gasteiger partial charge in [-0.05, 0) is 45.9 Å². The third kappa shape index (κ3) is 3.16. The Hall–Kier alpha value is -1.26. The highest BCUT2D eigenvalue weighted by Crippen LogP contribution is 2.39. The van der Waals surface area contributed by atoms with Crippen molar-refractivity contribution in [3.63, 3.8) is 0 Å². The van der Waals surface area contributed by atoms with Gasteiger partial charge < -0.3 is 15.5 Å². The van der Waals surface area contributed by atoms with Crippen LogP contribution in [0.25, 0.3) is 0 Å². The smallest absolute Gasteiger partial charge is 0.246 e. The second-order valence-electron chi connectivity index (χ2n) is 5.65. The molecule has 0 saturated carbocycles. The predicted octanol–water partition coefficient (Wildman–Crippen LogP) is 3.57. The van der Waals surface area contributed by atoms with Gasteiger partial charge in [0.05, 0.1) is 10.7 Å². The molecule has 1 aliphatic rings. The van der Waals surface area contributed by atoms with Crippen LogP contribution in [-0.4, -0.2) is 25.0 Å². The first kappa shape index (κ1) is 16.1. The molecule has 1 aromatic rings. The fraction of sp³-hybridized carbons (Fsp3) is 0.562. The number of nitrogens with one attached hydrogen (secondary N) is 2.